The molecule has 0 aliphatic heterocycles. The highest BCUT2D eigenvalue weighted by atomic mass is 16.5. The minimum Gasteiger partial charge on any atom is -0.493 e. The van der Waals surface area contributed by atoms with Gasteiger partial charge in [0.1, 0.15) is 0 Å². The Bertz CT molecular complexity index is 1050. The van der Waals surface area contributed by atoms with Crippen molar-refractivity contribution in [1.29, 1.82) is 0 Å². The van der Waals surface area contributed by atoms with Crippen molar-refractivity contribution in [3.05, 3.63) is 59.9 Å². The second-order valence-corrected chi connectivity index (χ2v) is 7.84. The summed E-state index contributed by atoms with van der Waals surface area (Å²) in [7, 11) is 3.18. The Morgan fingerprint density at radius 2 is 1.81 bits per heavy atom. The number of benzene rings is 1. The van der Waals surface area contributed by atoms with Gasteiger partial charge in [0.25, 0.3) is 0 Å². The molecule has 2 amide bonds. The number of ether oxygens (including phenoxy) is 2. The number of amides is 2. The fourth-order valence-corrected chi connectivity index (χ4v) is 4.07. The number of carbonyl (C=O) groups excluding carboxylic acids is 1. The highest BCUT2D eigenvalue weighted by Crippen LogP contribution is 2.33. The van der Waals surface area contributed by atoms with Crippen LogP contribution in [0.25, 0.3) is 11.4 Å². The first-order valence-corrected chi connectivity index (χ1v) is 10.9. The van der Waals surface area contributed by atoms with Crippen molar-refractivity contribution in [3.63, 3.8) is 0 Å². The Labute approximate surface area is 188 Å². The number of carbonyl (C=O) groups is 1. The van der Waals surface area contributed by atoms with E-state index in [4.69, 9.17) is 14.6 Å². The summed E-state index contributed by atoms with van der Waals surface area (Å²) >= 11 is 0. The highest BCUT2D eigenvalue weighted by Gasteiger charge is 2.22. The Morgan fingerprint density at radius 1 is 1.03 bits per heavy atom. The quantitative estimate of drug-likeness (QED) is 0.557. The standard InChI is InChI=1S/C24H29N5O3/c1-31-22-11-10-17(13-23(22)32-2)15-26-24(30)27-16-18-14-21(20-9-5-6-12-25-20)29(28-18)19-7-3-4-8-19/h5-6,9-14,19H,3-4,7-8,15-16H2,1-2H3,(H2,26,27,30). The second kappa shape index (κ2) is 10.2. The zero-order valence-electron chi connectivity index (χ0n) is 18.5. The average molecular weight is 436 g/mol. The van der Waals surface area contributed by atoms with Crippen LogP contribution < -0.4 is 20.1 Å². The third-order valence-corrected chi connectivity index (χ3v) is 5.72. The average Bonchev–Trinajstić information content (AvgIpc) is 3.51. The van der Waals surface area contributed by atoms with Crippen molar-refractivity contribution in [3.8, 4) is 22.9 Å². The van der Waals surface area contributed by atoms with Crippen LogP contribution in [0.5, 0.6) is 11.5 Å². The van der Waals surface area contributed by atoms with Crippen LogP contribution in [-0.4, -0.2) is 35.0 Å². The molecule has 0 radical (unpaired) electrons. The van der Waals surface area contributed by atoms with Gasteiger partial charge in [0.15, 0.2) is 11.5 Å². The zero-order chi connectivity index (χ0) is 22.3. The Hall–Kier alpha value is -3.55. The number of hydrogen-bond donors (Lipinski definition) is 2. The van der Waals surface area contributed by atoms with Crippen molar-refractivity contribution in [2.45, 2.75) is 44.8 Å². The summed E-state index contributed by atoms with van der Waals surface area (Å²) < 4.78 is 12.6. The lowest BCUT2D eigenvalue weighted by Gasteiger charge is -2.13. The van der Waals surface area contributed by atoms with E-state index >= 15 is 0 Å². The van der Waals surface area contributed by atoms with Gasteiger partial charge in [-0.05, 0) is 48.7 Å². The molecule has 0 saturated heterocycles. The maximum Gasteiger partial charge on any atom is 0.315 e. The summed E-state index contributed by atoms with van der Waals surface area (Å²) in [6.07, 6.45) is 6.48. The van der Waals surface area contributed by atoms with Gasteiger partial charge >= 0.3 is 6.03 Å². The van der Waals surface area contributed by atoms with E-state index in [1.807, 2.05) is 42.5 Å². The molecule has 0 bridgehead atoms. The van der Waals surface area contributed by atoms with Crippen molar-refractivity contribution < 1.29 is 14.3 Å². The van der Waals surface area contributed by atoms with E-state index < -0.39 is 0 Å². The molecular formula is C24H29N5O3. The van der Waals surface area contributed by atoms with Crippen LogP contribution in [0.2, 0.25) is 0 Å². The maximum absolute atomic E-state index is 12.4. The summed E-state index contributed by atoms with van der Waals surface area (Å²) in [4.78, 5) is 16.9. The summed E-state index contributed by atoms with van der Waals surface area (Å²) in [5.41, 5.74) is 3.63. The highest BCUT2D eigenvalue weighted by molar-refractivity contribution is 5.73. The van der Waals surface area contributed by atoms with Gasteiger partial charge in [0.05, 0.1) is 43.9 Å². The van der Waals surface area contributed by atoms with Crippen LogP contribution in [0.15, 0.2) is 48.7 Å². The molecule has 8 heteroatoms. The summed E-state index contributed by atoms with van der Waals surface area (Å²) in [5, 5.41) is 10.6. The Balaban J connectivity index is 1.38. The fraction of sp³-hybridized carbons (Fsp3) is 0.375. The van der Waals surface area contributed by atoms with Crippen molar-refractivity contribution in [2.24, 2.45) is 0 Å². The SMILES string of the molecule is COc1ccc(CNC(=O)NCc2cc(-c3ccccn3)n(C3CCCC3)n2)cc1OC. The van der Waals surface area contributed by atoms with Crippen LogP contribution in [0, 0.1) is 0 Å². The summed E-state index contributed by atoms with van der Waals surface area (Å²) in [6.45, 7) is 0.721. The Kier molecular flexibility index (Phi) is 6.89. The van der Waals surface area contributed by atoms with Gasteiger partial charge in [0.2, 0.25) is 0 Å². The van der Waals surface area contributed by atoms with Crippen LogP contribution in [0.4, 0.5) is 4.79 Å². The molecule has 1 aromatic carbocycles. The minimum atomic E-state index is -0.255. The van der Waals surface area contributed by atoms with Gasteiger partial charge in [0, 0.05) is 12.7 Å². The molecule has 168 valence electrons. The molecule has 1 saturated carbocycles. The van der Waals surface area contributed by atoms with Gasteiger partial charge in [-0.2, -0.15) is 5.10 Å². The van der Waals surface area contributed by atoms with Crippen LogP contribution in [-0.2, 0) is 13.1 Å². The molecular weight excluding hydrogens is 406 g/mol. The van der Waals surface area contributed by atoms with E-state index in [1.165, 1.54) is 12.8 Å². The molecule has 2 N–H and O–H groups in total. The lowest BCUT2D eigenvalue weighted by atomic mass is 10.2. The zero-order valence-corrected chi connectivity index (χ0v) is 18.5. The van der Waals surface area contributed by atoms with Gasteiger partial charge in [-0.1, -0.05) is 25.0 Å². The van der Waals surface area contributed by atoms with E-state index in [0.29, 0.717) is 30.6 Å². The van der Waals surface area contributed by atoms with Crippen LogP contribution in [0.1, 0.15) is 43.0 Å². The van der Waals surface area contributed by atoms with E-state index in [9.17, 15) is 4.79 Å². The smallest absolute Gasteiger partial charge is 0.315 e. The van der Waals surface area contributed by atoms with E-state index in [2.05, 4.69) is 20.3 Å². The second-order valence-electron chi connectivity index (χ2n) is 7.84. The summed E-state index contributed by atoms with van der Waals surface area (Å²) in [6, 6.07) is 13.6. The van der Waals surface area contributed by atoms with E-state index in [0.717, 1.165) is 35.5 Å². The molecule has 4 rings (SSSR count). The molecule has 0 unspecified atom stereocenters. The Morgan fingerprint density at radius 3 is 2.53 bits per heavy atom. The van der Waals surface area contributed by atoms with Gasteiger partial charge in [-0.15, -0.1) is 0 Å². The lowest BCUT2D eigenvalue weighted by molar-refractivity contribution is 0.240. The molecule has 0 atom stereocenters. The maximum atomic E-state index is 12.4. The third kappa shape index (κ3) is 5.01. The normalized spacial score (nSPS) is 13.7. The fourth-order valence-electron chi connectivity index (χ4n) is 4.07. The topological polar surface area (TPSA) is 90.3 Å². The number of methoxy groups -OCH3 is 2. The van der Waals surface area contributed by atoms with Crippen molar-refractivity contribution in [1.82, 2.24) is 25.4 Å². The number of nitrogens with one attached hydrogen (secondary N) is 2. The van der Waals surface area contributed by atoms with E-state index in [1.54, 1.807) is 20.4 Å². The largest absolute Gasteiger partial charge is 0.493 e. The molecule has 1 aliphatic carbocycles. The molecule has 1 fully saturated rings. The van der Waals surface area contributed by atoms with Gasteiger partial charge < -0.3 is 20.1 Å². The van der Waals surface area contributed by atoms with Gasteiger partial charge in [-0.3, -0.25) is 9.67 Å². The molecule has 2 aromatic heterocycles. The minimum absolute atomic E-state index is 0.255. The van der Waals surface area contributed by atoms with Crippen LogP contribution >= 0.6 is 0 Å². The van der Waals surface area contributed by atoms with E-state index in [-0.39, 0.29) is 6.03 Å². The first-order valence-electron chi connectivity index (χ1n) is 10.9. The number of aromatic nitrogens is 3. The monoisotopic (exact) mass is 435 g/mol. The van der Waals surface area contributed by atoms with Crippen molar-refractivity contribution in [2.75, 3.05) is 14.2 Å². The van der Waals surface area contributed by atoms with Crippen molar-refractivity contribution >= 4 is 6.03 Å². The molecule has 0 spiro atoms. The number of hydrogen-bond acceptors (Lipinski definition) is 5. The number of nitrogens with zero attached hydrogens (tertiary/aromatic N) is 3. The summed E-state index contributed by atoms with van der Waals surface area (Å²) in [5.74, 6) is 1.29. The molecule has 8 nitrogen and oxygen atoms in total. The number of pyridine rings is 1. The molecule has 32 heavy (non-hydrogen) atoms. The number of rotatable bonds is 8. The molecule has 2 heterocycles. The van der Waals surface area contributed by atoms with Gasteiger partial charge in [-0.25, -0.2) is 4.79 Å². The number of urea groups is 1. The lowest BCUT2D eigenvalue weighted by Crippen LogP contribution is -2.34. The predicted molar refractivity (Wildman–Crippen MR) is 122 cm³/mol. The van der Waals surface area contributed by atoms with Crippen LogP contribution in [0.3, 0.4) is 0 Å². The predicted octanol–water partition coefficient (Wildman–Crippen LogP) is 4.08. The molecule has 1 aliphatic rings. The first kappa shape index (κ1) is 21.7. The third-order valence-electron chi connectivity index (χ3n) is 5.72. The first-order chi connectivity index (χ1) is 15.7. The molecule has 3 aromatic rings.